The molecule has 0 aromatic heterocycles. The molecule has 1 aromatic carbocycles. The summed E-state index contributed by atoms with van der Waals surface area (Å²) in [6.07, 6.45) is 0.0774. The van der Waals surface area contributed by atoms with Gasteiger partial charge in [-0.3, -0.25) is 14.9 Å². The maximum atomic E-state index is 11.6. The Bertz CT molecular complexity index is 417. The lowest BCUT2D eigenvalue weighted by atomic mass is 10.1. The fraction of sp³-hybridized carbons (Fsp3) is 0.300. The van der Waals surface area contributed by atoms with Gasteiger partial charge in [-0.1, -0.05) is 6.07 Å². The van der Waals surface area contributed by atoms with E-state index >= 15 is 0 Å². The van der Waals surface area contributed by atoms with Crippen LogP contribution in [0.1, 0.15) is 16.8 Å². The summed E-state index contributed by atoms with van der Waals surface area (Å²) in [4.78, 5) is 21.8. The van der Waals surface area contributed by atoms with Gasteiger partial charge < -0.3 is 10.5 Å². The Kier molecular flexibility index (Phi) is 3.96. The summed E-state index contributed by atoms with van der Waals surface area (Å²) >= 11 is 0. The second kappa shape index (κ2) is 5.22. The number of nitro benzene ring substituents is 1. The molecule has 0 aliphatic carbocycles. The number of hydrogen-bond acceptors (Lipinski definition) is 5. The van der Waals surface area contributed by atoms with Crippen LogP contribution < -0.4 is 10.5 Å². The van der Waals surface area contributed by atoms with Crippen molar-refractivity contribution in [1.29, 1.82) is 0 Å². The largest absolute Gasteiger partial charge is 0.490 e. The van der Waals surface area contributed by atoms with E-state index in [1.807, 2.05) is 0 Å². The summed E-state index contributed by atoms with van der Waals surface area (Å²) in [7, 11) is 1.32. The van der Waals surface area contributed by atoms with Crippen molar-refractivity contribution in [3.05, 3.63) is 33.9 Å². The maximum absolute atomic E-state index is 11.6. The molecule has 0 bridgehead atoms. The Labute approximate surface area is 92.2 Å². The summed E-state index contributed by atoms with van der Waals surface area (Å²) in [6.45, 7) is 0.160. The summed E-state index contributed by atoms with van der Waals surface area (Å²) in [6, 6.07) is 4.38. The van der Waals surface area contributed by atoms with E-state index in [-0.39, 0.29) is 35.7 Å². The summed E-state index contributed by atoms with van der Waals surface area (Å²) < 4.78 is 4.85. The van der Waals surface area contributed by atoms with Gasteiger partial charge >= 0.3 is 5.69 Å². The van der Waals surface area contributed by atoms with Crippen LogP contribution >= 0.6 is 0 Å². The monoisotopic (exact) mass is 224 g/mol. The smallest absolute Gasteiger partial charge is 0.321 e. The average Bonchev–Trinajstić information content (AvgIpc) is 2.28. The number of rotatable bonds is 5. The molecule has 0 heterocycles. The van der Waals surface area contributed by atoms with Crippen LogP contribution in [0, 0.1) is 10.1 Å². The Morgan fingerprint density at radius 1 is 1.56 bits per heavy atom. The molecule has 0 saturated carbocycles. The zero-order chi connectivity index (χ0) is 12.1. The summed E-state index contributed by atoms with van der Waals surface area (Å²) in [5.41, 5.74) is 4.98. The molecule has 0 aliphatic heterocycles. The van der Waals surface area contributed by atoms with Crippen LogP contribution in [0.4, 0.5) is 5.69 Å². The van der Waals surface area contributed by atoms with Crippen LogP contribution in [0.5, 0.6) is 5.75 Å². The standard InChI is InChI=1S/C10H12N2O4/c1-16-9-4-2-3-7(8(13)5-6-11)10(9)12(14)15/h2-4H,5-6,11H2,1H3. The molecule has 2 N–H and O–H groups in total. The van der Waals surface area contributed by atoms with Crippen molar-refractivity contribution >= 4 is 11.5 Å². The van der Waals surface area contributed by atoms with Crippen LogP contribution in [-0.4, -0.2) is 24.4 Å². The number of carbonyl (C=O) groups excluding carboxylic acids is 1. The number of methoxy groups -OCH3 is 1. The Morgan fingerprint density at radius 2 is 2.25 bits per heavy atom. The van der Waals surface area contributed by atoms with Gasteiger partial charge in [0.25, 0.3) is 0 Å². The number of hydrogen-bond donors (Lipinski definition) is 1. The lowest BCUT2D eigenvalue weighted by Crippen LogP contribution is -2.10. The third-order valence-corrected chi connectivity index (χ3v) is 2.07. The first-order valence-electron chi connectivity index (χ1n) is 4.66. The van der Waals surface area contributed by atoms with Crippen molar-refractivity contribution in [3.8, 4) is 5.75 Å². The van der Waals surface area contributed by atoms with Gasteiger partial charge in [-0.25, -0.2) is 0 Å². The zero-order valence-corrected chi connectivity index (χ0v) is 8.80. The molecule has 0 spiro atoms. The Hall–Kier alpha value is -1.95. The molecule has 0 aliphatic rings. The van der Waals surface area contributed by atoms with Gasteiger partial charge in [0.05, 0.1) is 17.6 Å². The molecule has 0 radical (unpaired) electrons. The molecule has 86 valence electrons. The van der Waals surface area contributed by atoms with E-state index in [0.29, 0.717) is 0 Å². The van der Waals surface area contributed by atoms with Crippen molar-refractivity contribution in [3.63, 3.8) is 0 Å². The van der Waals surface area contributed by atoms with E-state index < -0.39 is 4.92 Å². The van der Waals surface area contributed by atoms with E-state index in [9.17, 15) is 14.9 Å². The van der Waals surface area contributed by atoms with Gasteiger partial charge in [0.15, 0.2) is 11.5 Å². The van der Waals surface area contributed by atoms with E-state index in [2.05, 4.69) is 0 Å². The van der Waals surface area contributed by atoms with E-state index in [1.165, 1.54) is 25.3 Å². The second-order valence-electron chi connectivity index (χ2n) is 3.08. The number of carbonyl (C=O) groups is 1. The molecule has 0 fully saturated rings. The van der Waals surface area contributed by atoms with Gasteiger partial charge in [-0.05, 0) is 18.7 Å². The number of nitrogens with zero attached hydrogens (tertiary/aromatic N) is 1. The number of nitro groups is 1. The quantitative estimate of drug-likeness (QED) is 0.459. The van der Waals surface area contributed by atoms with E-state index in [1.54, 1.807) is 0 Å². The molecule has 6 heteroatoms. The van der Waals surface area contributed by atoms with Gasteiger partial charge in [0, 0.05) is 6.42 Å². The van der Waals surface area contributed by atoms with Crippen molar-refractivity contribution in [2.24, 2.45) is 5.73 Å². The maximum Gasteiger partial charge on any atom is 0.321 e. The molecule has 0 atom stereocenters. The number of benzene rings is 1. The van der Waals surface area contributed by atoms with E-state index in [0.717, 1.165) is 0 Å². The summed E-state index contributed by atoms with van der Waals surface area (Å²) in [5, 5.41) is 10.9. The number of Topliss-reactive ketones (excluding diaryl/α,β-unsaturated/α-hetero) is 1. The molecule has 0 saturated heterocycles. The fourth-order valence-electron chi connectivity index (χ4n) is 1.37. The molecule has 1 rings (SSSR count). The second-order valence-corrected chi connectivity index (χ2v) is 3.08. The van der Waals surface area contributed by atoms with Gasteiger partial charge in [-0.15, -0.1) is 0 Å². The number of ether oxygens (including phenoxy) is 1. The first kappa shape index (κ1) is 12.1. The van der Waals surface area contributed by atoms with Crippen LogP contribution in [0.3, 0.4) is 0 Å². The number of ketones is 1. The molecule has 0 amide bonds. The fourth-order valence-corrected chi connectivity index (χ4v) is 1.37. The predicted molar refractivity (Wildman–Crippen MR) is 57.7 cm³/mol. The first-order chi connectivity index (χ1) is 7.61. The minimum Gasteiger partial charge on any atom is -0.490 e. The van der Waals surface area contributed by atoms with E-state index in [4.69, 9.17) is 10.5 Å². The molecule has 0 unspecified atom stereocenters. The highest BCUT2D eigenvalue weighted by molar-refractivity contribution is 6.00. The van der Waals surface area contributed by atoms with Crippen molar-refractivity contribution in [2.45, 2.75) is 6.42 Å². The molecular weight excluding hydrogens is 212 g/mol. The summed E-state index contributed by atoms with van der Waals surface area (Å²) in [5.74, 6) is -0.277. The minimum absolute atomic E-state index is 0.0369. The molecule has 1 aromatic rings. The average molecular weight is 224 g/mol. The predicted octanol–water partition coefficient (Wildman–Crippen LogP) is 1.13. The van der Waals surface area contributed by atoms with Gasteiger partial charge in [0.1, 0.15) is 0 Å². The van der Waals surface area contributed by atoms with Gasteiger partial charge in [0.2, 0.25) is 0 Å². The number of nitrogens with two attached hydrogens (primary N) is 1. The minimum atomic E-state index is -0.622. The Balaban J connectivity index is 3.27. The normalized spacial score (nSPS) is 9.88. The topological polar surface area (TPSA) is 95.5 Å². The first-order valence-corrected chi connectivity index (χ1v) is 4.66. The van der Waals surface area contributed by atoms with Crippen LogP contribution in [0.2, 0.25) is 0 Å². The van der Waals surface area contributed by atoms with Crippen molar-refractivity contribution < 1.29 is 14.5 Å². The van der Waals surface area contributed by atoms with Crippen molar-refractivity contribution in [2.75, 3.05) is 13.7 Å². The highest BCUT2D eigenvalue weighted by Gasteiger charge is 2.24. The highest BCUT2D eigenvalue weighted by atomic mass is 16.6. The van der Waals surface area contributed by atoms with Crippen LogP contribution in [-0.2, 0) is 0 Å². The lowest BCUT2D eigenvalue weighted by molar-refractivity contribution is -0.386. The zero-order valence-electron chi connectivity index (χ0n) is 8.80. The molecule has 6 nitrogen and oxygen atoms in total. The molecule has 16 heavy (non-hydrogen) atoms. The third kappa shape index (κ3) is 2.34. The third-order valence-electron chi connectivity index (χ3n) is 2.07. The van der Waals surface area contributed by atoms with Crippen LogP contribution in [0.15, 0.2) is 18.2 Å². The SMILES string of the molecule is COc1cccc(C(=O)CCN)c1[N+](=O)[O-]. The number of para-hydroxylation sites is 1. The highest BCUT2D eigenvalue weighted by Crippen LogP contribution is 2.31. The van der Waals surface area contributed by atoms with Crippen molar-refractivity contribution in [1.82, 2.24) is 0 Å². The molecular formula is C10H12N2O4. The lowest BCUT2D eigenvalue weighted by Gasteiger charge is -2.05. The Morgan fingerprint density at radius 3 is 2.75 bits per heavy atom. The van der Waals surface area contributed by atoms with Gasteiger partial charge in [-0.2, -0.15) is 0 Å². The van der Waals surface area contributed by atoms with Crippen LogP contribution in [0.25, 0.3) is 0 Å².